The minimum absolute atomic E-state index is 0.271. The molecule has 2 aromatic carbocycles. The van der Waals surface area contributed by atoms with Crippen LogP contribution in [0.1, 0.15) is 0 Å². The predicted octanol–water partition coefficient (Wildman–Crippen LogP) is 4.09. The van der Waals surface area contributed by atoms with E-state index in [-0.39, 0.29) is 5.84 Å². The van der Waals surface area contributed by atoms with Gasteiger partial charge in [0.25, 0.3) is 0 Å². The summed E-state index contributed by atoms with van der Waals surface area (Å²) < 4.78 is 0. The zero-order valence-corrected chi connectivity index (χ0v) is 12.4. The second-order valence-corrected chi connectivity index (χ2v) is 4.89. The van der Waals surface area contributed by atoms with Crippen molar-refractivity contribution in [3.8, 4) is 11.1 Å². The highest BCUT2D eigenvalue weighted by molar-refractivity contribution is 6.33. The van der Waals surface area contributed by atoms with E-state index < -0.39 is 0 Å². The summed E-state index contributed by atoms with van der Waals surface area (Å²) in [7, 11) is 0. The normalized spacial score (nSPS) is 11.0. The number of benzene rings is 2. The first kappa shape index (κ1) is 14.7. The largest absolute Gasteiger partial charge is 0.337 e. The van der Waals surface area contributed by atoms with Crippen LogP contribution < -0.4 is 5.32 Å². The quantitative estimate of drug-likeness (QED) is 0.448. The van der Waals surface area contributed by atoms with Gasteiger partial charge >= 0.3 is 0 Å². The van der Waals surface area contributed by atoms with Crippen LogP contribution in [0.2, 0.25) is 0 Å². The van der Waals surface area contributed by atoms with Crippen molar-refractivity contribution >= 4 is 23.5 Å². The van der Waals surface area contributed by atoms with Gasteiger partial charge in [-0.3, -0.25) is 9.78 Å². The Morgan fingerprint density at radius 1 is 0.870 bits per heavy atom. The summed E-state index contributed by atoms with van der Waals surface area (Å²) in [4.78, 5) is 19.5. The maximum atomic E-state index is 11.2. The molecule has 0 atom stereocenters. The lowest BCUT2D eigenvalue weighted by Crippen LogP contribution is -2.12. The molecule has 0 aliphatic rings. The molecule has 112 valence electrons. The van der Waals surface area contributed by atoms with Gasteiger partial charge < -0.3 is 5.32 Å². The van der Waals surface area contributed by atoms with E-state index in [9.17, 15) is 4.79 Å². The Morgan fingerprint density at radius 2 is 1.52 bits per heavy atom. The van der Waals surface area contributed by atoms with Gasteiger partial charge in [-0.05, 0) is 47.5 Å². The van der Waals surface area contributed by atoms with Crippen LogP contribution in [-0.4, -0.2) is 17.1 Å². The van der Waals surface area contributed by atoms with Crippen molar-refractivity contribution in [2.75, 3.05) is 5.32 Å². The highest BCUT2D eigenvalue weighted by Gasteiger charge is 2.00. The number of aromatic nitrogens is 1. The second-order valence-electron chi connectivity index (χ2n) is 4.89. The van der Waals surface area contributed by atoms with Gasteiger partial charge in [0.1, 0.15) is 0 Å². The van der Waals surface area contributed by atoms with Crippen LogP contribution in [0.3, 0.4) is 0 Å². The van der Waals surface area contributed by atoms with Crippen molar-refractivity contribution < 1.29 is 4.79 Å². The number of carbonyl (C=O) groups is 1. The number of hydrogen-bond acceptors (Lipinski definition) is 3. The van der Waals surface area contributed by atoms with Gasteiger partial charge in [-0.15, -0.1) is 0 Å². The molecule has 0 radical (unpaired) electrons. The van der Waals surface area contributed by atoms with Crippen LogP contribution in [0.15, 0.2) is 84.1 Å². The molecule has 23 heavy (non-hydrogen) atoms. The first-order valence-electron chi connectivity index (χ1n) is 7.21. The number of pyridine rings is 1. The Labute approximate surface area is 134 Å². The molecule has 4 nitrogen and oxygen atoms in total. The average molecular weight is 301 g/mol. The number of nitrogens with zero attached hydrogens (tertiary/aromatic N) is 2. The van der Waals surface area contributed by atoms with Crippen LogP contribution in [-0.2, 0) is 4.79 Å². The summed E-state index contributed by atoms with van der Waals surface area (Å²) in [6, 6.07) is 21.1. The lowest BCUT2D eigenvalue weighted by Gasteiger charge is -2.05. The van der Waals surface area contributed by atoms with Gasteiger partial charge in [0.15, 0.2) is 12.1 Å². The van der Waals surface area contributed by atoms with E-state index in [1.54, 1.807) is 12.4 Å². The fourth-order valence-electron chi connectivity index (χ4n) is 2.17. The van der Waals surface area contributed by atoms with Gasteiger partial charge in [-0.25, -0.2) is 4.99 Å². The molecule has 0 fully saturated rings. The molecule has 1 N–H and O–H groups in total. The third-order valence-electron chi connectivity index (χ3n) is 3.29. The van der Waals surface area contributed by atoms with Gasteiger partial charge in [0, 0.05) is 18.1 Å². The van der Waals surface area contributed by atoms with Gasteiger partial charge in [0.2, 0.25) is 0 Å². The predicted molar refractivity (Wildman–Crippen MR) is 92.9 cm³/mol. The topological polar surface area (TPSA) is 54.4 Å². The van der Waals surface area contributed by atoms with Gasteiger partial charge in [0.05, 0.1) is 5.69 Å². The third kappa shape index (κ3) is 3.89. The molecule has 0 bridgehead atoms. The summed E-state index contributed by atoms with van der Waals surface area (Å²) in [6.45, 7) is 0. The maximum absolute atomic E-state index is 11.2. The van der Waals surface area contributed by atoms with Crippen LogP contribution in [0.25, 0.3) is 11.1 Å². The fraction of sp³-hybridized carbons (Fsp3) is 0. The Hall–Kier alpha value is -3.27. The maximum Gasteiger partial charge on any atom is 0.185 e. The molecular formula is C19H15N3O. The lowest BCUT2D eigenvalue weighted by atomic mass is 10.1. The monoisotopic (exact) mass is 301 g/mol. The van der Waals surface area contributed by atoms with Gasteiger partial charge in [-0.2, -0.15) is 0 Å². The van der Waals surface area contributed by atoms with Crippen LogP contribution in [0.4, 0.5) is 11.4 Å². The number of anilines is 1. The molecule has 0 spiro atoms. The van der Waals surface area contributed by atoms with Crippen molar-refractivity contribution in [3.05, 3.63) is 79.1 Å². The standard InChI is InChI=1S/C19H15N3O/c23-14-19(21-17-4-2-1-3-5-17)22-18-8-6-15(7-9-18)16-10-12-20-13-11-16/h1-14H,(H,21,22). The molecule has 0 aliphatic heterocycles. The van der Waals surface area contributed by atoms with E-state index in [0.717, 1.165) is 16.8 Å². The van der Waals surface area contributed by atoms with Crippen molar-refractivity contribution in [2.45, 2.75) is 0 Å². The van der Waals surface area contributed by atoms with E-state index in [1.807, 2.05) is 66.7 Å². The number of nitrogens with one attached hydrogen (secondary N) is 1. The van der Waals surface area contributed by atoms with Crippen molar-refractivity contribution in [1.82, 2.24) is 4.98 Å². The summed E-state index contributed by atoms with van der Waals surface area (Å²) in [5.41, 5.74) is 3.71. The first-order chi connectivity index (χ1) is 11.3. The summed E-state index contributed by atoms with van der Waals surface area (Å²) in [6.07, 6.45) is 4.23. The Bertz CT molecular complexity index is 797. The van der Waals surface area contributed by atoms with E-state index in [4.69, 9.17) is 0 Å². The Morgan fingerprint density at radius 3 is 2.17 bits per heavy atom. The number of carbonyl (C=O) groups excluding carboxylic acids is 1. The van der Waals surface area contributed by atoms with Crippen LogP contribution in [0.5, 0.6) is 0 Å². The van der Waals surface area contributed by atoms with E-state index in [0.29, 0.717) is 12.0 Å². The Kier molecular flexibility index (Phi) is 4.55. The molecule has 1 heterocycles. The number of aliphatic imine (C=N–C) groups is 1. The molecule has 0 aliphatic carbocycles. The number of para-hydroxylation sites is 1. The zero-order valence-electron chi connectivity index (χ0n) is 12.4. The first-order valence-corrected chi connectivity index (χ1v) is 7.21. The van der Waals surface area contributed by atoms with Crippen LogP contribution >= 0.6 is 0 Å². The van der Waals surface area contributed by atoms with Crippen LogP contribution in [0, 0.1) is 0 Å². The molecule has 1 aromatic heterocycles. The average Bonchev–Trinajstić information content (AvgIpc) is 2.63. The Balaban J connectivity index is 1.79. The molecule has 0 saturated carbocycles. The molecule has 4 heteroatoms. The van der Waals surface area contributed by atoms with Gasteiger partial charge in [-0.1, -0.05) is 30.3 Å². The highest BCUT2D eigenvalue weighted by atomic mass is 16.1. The van der Waals surface area contributed by atoms with E-state index in [2.05, 4.69) is 15.3 Å². The smallest absolute Gasteiger partial charge is 0.185 e. The molecule has 0 unspecified atom stereocenters. The number of aldehydes is 1. The number of amidine groups is 1. The molecule has 0 amide bonds. The highest BCUT2D eigenvalue weighted by Crippen LogP contribution is 2.22. The minimum Gasteiger partial charge on any atom is -0.337 e. The summed E-state index contributed by atoms with van der Waals surface area (Å²) in [5, 5.41) is 3.00. The number of hydrogen-bond donors (Lipinski definition) is 1. The van der Waals surface area contributed by atoms with Crippen molar-refractivity contribution in [2.24, 2.45) is 4.99 Å². The fourth-order valence-corrected chi connectivity index (χ4v) is 2.17. The van der Waals surface area contributed by atoms with Crippen molar-refractivity contribution in [3.63, 3.8) is 0 Å². The van der Waals surface area contributed by atoms with E-state index in [1.165, 1.54) is 0 Å². The molecular weight excluding hydrogens is 286 g/mol. The molecule has 0 saturated heterocycles. The summed E-state index contributed by atoms with van der Waals surface area (Å²) in [5.74, 6) is 0.271. The zero-order chi connectivity index (χ0) is 15.9. The third-order valence-corrected chi connectivity index (χ3v) is 3.29. The number of rotatable bonds is 4. The minimum atomic E-state index is 0.271. The van der Waals surface area contributed by atoms with Crippen molar-refractivity contribution in [1.29, 1.82) is 0 Å². The second kappa shape index (κ2) is 7.13. The SMILES string of the molecule is O=CC(=Nc1ccc(-c2ccncc2)cc1)Nc1ccccc1. The summed E-state index contributed by atoms with van der Waals surface area (Å²) >= 11 is 0. The van der Waals surface area contributed by atoms with E-state index >= 15 is 0 Å². The molecule has 3 aromatic rings. The molecule has 3 rings (SSSR count). The lowest BCUT2D eigenvalue weighted by molar-refractivity contribution is -0.102.